The number of aromatic nitrogens is 2. The fourth-order valence-electron chi connectivity index (χ4n) is 1.44. The molecule has 1 heterocycles. The second-order valence-corrected chi connectivity index (χ2v) is 5.42. The Balaban J connectivity index is 2.06. The molecule has 6 heteroatoms. The third-order valence-corrected chi connectivity index (χ3v) is 2.45. The Labute approximate surface area is 105 Å². The molecule has 0 aromatic carbocycles. The number of anilines is 1. The molecule has 18 heavy (non-hydrogen) atoms. The highest BCUT2D eigenvalue weighted by Gasteiger charge is 2.31. The molecule has 1 aliphatic carbocycles. The van der Waals surface area contributed by atoms with E-state index in [1.54, 1.807) is 20.8 Å². The number of hydrogen-bond donors (Lipinski definition) is 2. The van der Waals surface area contributed by atoms with Gasteiger partial charge in [0, 0.05) is 5.92 Å². The summed E-state index contributed by atoms with van der Waals surface area (Å²) in [6, 6.07) is 0. The highest BCUT2D eigenvalue weighted by Crippen LogP contribution is 2.30. The first-order chi connectivity index (χ1) is 8.37. The SMILES string of the molecule is CC(C)(C)OC(=O)c1cn[nH]c1NC(=O)C1CC1. The molecular formula is C12H17N3O3. The van der Waals surface area contributed by atoms with E-state index < -0.39 is 11.6 Å². The van der Waals surface area contributed by atoms with Crippen LogP contribution in [0.15, 0.2) is 6.20 Å². The van der Waals surface area contributed by atoms with Crippen LogP contribution in [0.1, 0.15) is 44.0 Å². The minimum atomic E-state index is -0.577. The van der Waals surface area contributed by atoms with Gasteiger partial charge in [0.25, 0.3) is 0 Å². The van der Waals surface area contributed by atoms with Crippen molar-refractivity contribution in [2.45, 2.75) is 39.2 Å². The number of H-pyrrole nitrogens is 1. The summed E-state index contributed by atoms with van der Waals surface area (Å²) in [6.45, 7) is 5.36. The standard InChI is InChI=1S/C12H17N3O3/c1-12(2,3)18-11(17)8-6-13-15-9(8)14-10(16)7-4-5-7/h6-7H,4-5H2,1-3H3,(H2,13,14,15,16). The summed E-state index contributed by atoms with van der Waals surface area (Å²) in [5, 5.41) is 9.03. The van der Waals surface area contributed by atoms with Crippen molar-refractivity contribution in [3.8, 4) is 0 Å². The maximum Gasteiger partial charge on any atom is 0.344 e. The summed E-state index contributed by atoms with van der Waals surface area (Å²) >= 11 is 0. The van der Waals surface area contributed by atoms with Gasteiger partial charge >= 0.3 is 5.97 Å². The topological polar surface area (TPSA) is 84.1 Å². The molecule has 0 atom stereocenters. The zero-order chi connectivity index (χ0) is 13.3. The van der Waals surface area contributed by atoms with Crippen molar-refractivity contribution in [3.05, 3.63) is 11.8 Å². The Morgan fingerprint density at radius 3 is 2.67 bits per heavy atom. The Kier molecular flexibility index (Phi) is 3.11. The largest absolute Gasteiger partial charge is 0.456 e. The third-order valence-electron chi connectivity index (χ3n) is 2.45. The highest BCUT2D eigenvalue weighted by molar-refractivity contribution is 6.01. The third kappa shape index (κ3) is 3.09. The predicted molar refractivity (Wildman–Crippen MR) is 65.1 cm³/mol. The van der Waals surface area contributed by atoms with Crippen molar-refractivity contribution in [1.82, 2.24) is 10.2 Å². The van der Waals surface area contributed by atoms with Crippen LogP contribution in [0.25, 0.3) is 0 Å². The number of ether oxygens (including phenoxy) is 1. The minimum absolute atomic E-state index is 0.0692. The zero-order valence-electron chi connectivity index (χ0n) is 10.7. The van der Waals surface area contributed by atoms with E-state index in [2.05, 4.69) is 15.5 Å². The number of nitrogens with one attached hydrogen (secondary N) is 2. The zero-order valence-corrected chi connectivity index (χ0v) is 10.7. The summed E-state index contributed by atoms with van der Waals surface area (Å²) in [5.41, 5.74) is -0.328. The molecule has 1 aromatic heterocycles. The second kappa shape index (κ2) is 4.44. The Morgan fingerprint density at radius 2 is 2.11 bits per heavy atom. The molecule has 1 amide bonds. The average molecular weight is 251 g/mol. The van der Waals surface area contributed by atoms with Crippen LogP contribution in [0.3, 0.4) is 0 Å². The van der Waals surface area contributed by atoms with Gasteiger partial charge in [0.2, 0.25) is 5.91 Å². The second-order valence-electron chi connectivity index (χ2n) is 5.42. The molecule has 0 bridgehead atoms. The van der Waals surface area contributed by atoms with E-state index >= 15 is 0 Å². The van der Waals surface area contributed by atoms with Crippen molar-refractivity contribution in [3.63, 3.8) is 0 Å². The first-order valence-electron chi connectivity index (χ1n) is 5.94. The van der Waals surface area contributed by atoms with E-state index in [1.807, 2.05) is 0 Å². The lowest BCUT2D eigenvalue weighted by atomic mass is 10.2. The average Bonchev–Trinajstić information content (AvgIpc) is 2.97. The molecule has 1 saturated carbocycles. The van der Waals surface area contributed by atoms with Gasteiger partial charge in [0.15, 0.2) is 0 Å². The van der Waals surface area contributed by atoms with Crippen LogP contribution in [0.2, 0.25) is 0 Å². The summed E-state index contributed by atoms with van der Waals surface area (Å²) in [4.78, 5) is 23.5. The lowest BCUT2D eigenvalue weighted by molar-refractivity contribution is -0.117. The van der Waals surface area contributed by atoms with Crippen LogP contribution in [0.4, 0.5) is 5.82 Å². The van der Waals surface area contributed by atoms with Crippen molar-refractivity contribution in [2.75, 3.05) is 5.32 Å². The molecule has 0 spiro atoms. The Bertz CT molecular complexity index is 469. The van der Waals surface area contributed by atoms with Crippen LogP contribution in [-0.4, -0.2) is 27.7 Å². The smallest absolute Gasteiger partial charge is 0.344 e. The molecule has 1 fully saturated rings. The Hall–Kier alpha value is -1.85. The molecular weight excluding hydrogens is 234 g/mol. The normalized spacial score (nSPS) is 15.3. The van der Waals surface area contributed by atoms with Crippen molar-refractivity contribution < 1.29 is 14.3 Å². The number of esters is 1. The number of rotatable bonds is 3. The number of amides is 1. The number of carbonyl (C=O) groups excluding carboxylic acids is 2. The van der Waals surface area contributed by atoms with E-state index in [-0.39, 0.29) is 17.4 Å². The lowest BCUT2D eigenvalue weighted by Crippen LogP contribution is -2.24. The minimum Gasteiger partial charge on any atom is -0.456 e. The number of aromatic amines is 1. The molecule has 2 rings (SSSR count). The van der Waals surface area contributed by atoms with Gasteiger partial charge in [-0.1, -0.05) is 0 Å². The van der Waals surface area contributed by atoms with Gasteiger partial charge in [-0.15, -0.1) is 0 Å². The summed E-state index contributed by atoms with van der Waals surface area (Å²) < 4.78 is 5.23. The van der Waals surface area contributed by atoms with Crippen LogP contribution in [0.5, 0.6) is 0 Å². The van der Waals surface area contributed by atoms with Crippen molar-refractivity contribution in [2.24, 2.45) is 5.92 Å². The van der Waals surface area contributed by atoms with Gasteiger partial charge in [-0.3, -0.25) is 9.89 Å². The summed E-state index contributed by atoms with van der Waals surface area (Å²) in [5.74, 6) is -0.202. The number of carbonyl (C=O) groups is 2. The quantitative estimate of drug-likeness (QED) is 0.801. The van der Waals surface area contributed by atoms with Gasteiger partial charge < -0.3 is 10.1 Å². The molecule has 0 saturated heterocycles. The molecule has 6 nitrogen and oxygen atoms in total. The fourth-order valence-corrected chi connectivity index (χ4v) is 1.44. The fraction of sp³-hybridized carbons (Fsp3) is 0.583. The molecule has 1 aliphatic rings. The summed E-state index contributed by atoms with van der Waals surface area (Å²) in [6.07, 6.45) is 3.17. The maximum atomic E-state index is 11.9. The van der Waals surface area contributed by atoms with Gasteiger partial charge in [-0.25, -0.2) is 4.79 Å². The van der Waals surface area contributed by atoms with E-state index in [0.29, 0.717) is 5.82 Å². The van der Waals surface area contributed by atoms with Gasteiger partial charge in [-0.05, 0) is 33.6 Å². The summed E-state index contributed by atoms with van der Waals surface area (Å²) in [7, 11) is 0. The van der Waals surface area contributed by atoms with E-state index in [9.17, 15) is 9.59 Å². The van der Waals surface area contributed by atoms with Gasteiger partial charge in [-0.2, -0.15) is 5.10 Å². The van der Waals surface area contributed by atoms with Crippen molar-refractivity contribution in [1.29, 1.82) is 0 Å². The van der Waals surface area contributed by atoms with Crippen LogP contribution >= 0.6 is 0 Å². The highest BCUT2D eigenvalue weighted by atomic mass is 16.6. The van der Waals surface area contributed by atoms with Crippen LogP contribution in [0, 0.1) is 5.92 Å². The monoisotopic (exact) mass is 251 g/mol. The molecule has 2 N–H and O–H groups in total. The molecule has 0 unspecified atom stereocenters. The van der Waals surface area contributed by atoms with E-state index in [1.165, 1.54) is 6.20 Å². The Morgan fingerprint density at radius 1 is 1.44 bits per heavy atom. The first-order valence-corrected chi connectivity index (χ1v) is 5.94. The molecule has 98 valence electrons. The molecule has 1 aromatic rings. The van der Waals surface area contributed by atoms with Crippen LogP contribution in [-0.2, 0) is 9.53 Å². The number of hydrogen-bond acceptors (Lipinski definition) is 4. The number of nitrogens with zero attached hydrogens (tertiary/aromatic N) is 1. The van der Waals surface area contributed by atoms with E-state index in [4.69, 9.17) is 4.74 Å². The van der Waals surface area contributed by atoms with Crippen LogP contribution < -0.4 is 5.32 Å². The molecule has 0 radical (unpaired) electrons. The maximum absolute atomic E-state index is 11.9. The van der Waals surface area contributed by atoms with Crippen molar-refractivity contribution >= 4 is 17.7 Å². The molecule has 0 aliphatic heterocycles. The van der Waals surface area contributed by atoms with Gasteiger partial charge in [0.05, 0.1) is 6.20 Å². The lowest BCUT2D eigenvalue weighted by Gasteiger charge is -2.19. The first kappa shape index (κ1) is 12.6. The van der Waals surface area contributed by atoms with Gasteiger partial charge in [0.1, 0.15) is 17.0 Å². The predicted octanol–water partition coefficient (Wildman–Crippen LogP) is 1.71. The van der Waals surface area contributed by atoms with E-state index in [0.717, 1.165) is 12.8 Å².